The van der Waals surface area contributed by atoms with Crippen molar-refractivity contribution in [3.63, 3.8) is 0 Å². The number of carboxylic acid groups (broad SMARTS) is 1. The fraction of sp³-hybridized carbons (Fsp3) is 0.291. The molecule has 6 aromatic carbocycles. The van der Waals surface area contributed by atoms with Crippen LogP contribution in [0.25, 0.3) is 0 Å². The number of rotatable bonds is 16. The second-order valence-corrected chi connectivity index (χ2v) is 17.6. The van der Waals surface area contributed by atoms with Gasteiger partial charge in [0, 0.05) is 28.3 Å². The highest BCUT2D eigenvalue weighted by Crippen LogP contribution is 2.52. The predicted molar refractivity (Wildman–Crippen MR) is 254 cm³/mol. The second-order valence-electron chi connectivity index (χ2n) is 16.7. The van der Waals surface area contributed by atoms with E-state index in [4.69, 9.17) is 32.7 Å². The van der Waals surface area contributed by atoms with Gasteiger partial charge in [-0.05, 0) is 145 Å². The van der Waals surface area contributed by atoms with Crippen molar-refractivity contribution in [1.82, 2.24) is 0 Å². The van der Waals surface area contributed by atoms with Crippen molar-refractivity contribution in [2.24, 2.45) is 11.8 Å². The molecule has 3 aliphatic carbocycles. The number of aliphatic hydroxyl groups is 1. The van der Waals surface area contributed by atoms with Crippen molar-refractivity contribution in [1.29, 1.82) is 0 Å². The molecule has 0 saturated heterocycles. The summed E-state index contributed by atoms with van der Waals surface area (Å²) in [4.78, 5) is 12.2. The Morgan fingerprint density at radius 1 is 0.667 bits per heavy atom. The summed E-state index contributed by atoms with van der Waals surface area (Å²) < 4.78 is 71.0. The van der Waals surface area contributed by atoms with Crippen LogP contribution in [0.1, 0.15) is 86.5 Å². The molecular formula is C55H54Cl2F4O5. The Bertz CT molecular complexity index is 2510. The molecule has 11 heteroatoms. The van der Waals surface area contributed by atoms with Gasteiger partial charge in [0.1, 0.15) is 23.4 Å². The van der Waals surface area contributed by atoms with Crippen LogP contribution in [0, 0.1) is 23.5 Å². The van der Waals surface area contributed by atoms with Gasteiger partial charge in [0.15, 0.2) is 23.1 Å². The lowest BCUT2D eigenvalue weighted by molar-refractivity contribution is -0.163. The van der Waals surface area contributed by atoms with Crippen LogP contribution in [0.5, 0.6) is 23.0 Å². The first-order chi connectivity index (χ1) is 31.4. The van der Waals surface area contributed by atoms with Gasteiger partial charge >= 0.3 is 5.97 Å². The second kappa shape index (κ2) is 23.2. The molecular weight excluding hydrogens is 887 g/mol. The number of halogens is 6. The maximum Gasteiger partial charge on any atom is 0.344 e. The monoisotopic (exact) mass is 940 g/mol. The Morgan fingerprint density at radius 3 is 1.58 bits per heavy atom. The standard InChI is InChI=1S/C26H23ClF2O4.C25H21ClF2O.C3H6.CH4/c27-19-11-9-18(10-12-19)24(17-7-8-17)26(29,25(31)32)23(30)15-16-6-13-21(28)22(14-16)33-20-4-2-1-3-5-20;26-20-12-10-19(11-13-20)25(18-8-9-18)23(28)15-7-17-6-14-22(27)24(16-17)29-21-4-2-1-3-5-21;1-2-3-1;/h1-6,9-14,17,23-24,30H,7-8,15H2,(H,31,32);1-6,10-16,18,25H,7-9H2;1-3H2;1H4/b;23-15+;;/t23-,24-,26+;25-;;/m11../s1. The van der Waals surface area contributed by atoms with E-state index in [0.717, 1.165) is 30.0 Å². The topological polar surface area (TPSA) is 76.0 Å². The van der Waals surface area contributed by atoms with Crippen LogP contribution in [0.3, 0.4) is 0 Å². The van der Waals surface area contributed by atoms with Crippen molar-refractivity contribution in [3.05, 3.63) is 201 Å². The van der Waals surface area contributed by atoms with Gasteiger partial charge in [0.05, 0.1) is 0 Å². The number of para-hydroxylation sites is 2. The fourth-order valence-electron chi connectivity index (χ4n) is 7.65. The lowest BCUT2D eigenvalue weighted by Gasteiger charge is -2.35. The summed E-state index contributed by atoms with van der Waals surface area (Å²) in [6.45, 7) is 0. The van der Waals surface area contributed by atoms with Gasteiger partial charge in [-0.15, -0.1) is 0 Å². The Morgan fingerprint density at radius 2 is 1.12 bits per heavy atom. The maximum absolute atomic E-state index is 16.3. The third-order valence-corrected chi connectivity index (χ3v) is 12.0. The highest BCUT2D eigenvalue weighted by atomic mass is 35.5. The molecule has 0 heterocycles. The van der Waals surface area contributed by atoms with Crippen LogP contribution < -0.4 is 9.47 Å². The zero-order valence-electron chi connectivity index (χ0n) is 35.6. The molecule has 0 aliphatic heterocycles. The summed E-state index contributed by atoms with van der Waals surface area (Å²) in [5.41, 5.74) is -0.387. The summed E-state index contributed by atoms with van der Waals surface area (Å²) in [5.74, 6) is -3.09. The zero-order valence-corrected chi connectivity index (χ0v) is 37.1. The van der Waals surface area contributed by atoms with E-state index in [0.29, 0.717) is 57.9 Å². The smallest absolute Gasteiger partial charge is 0.344 e. The van der Waals surface area contributed by atoms with Crippen LogP contribution in [-0.2, 0) is 17.6 Å². The molecule has 0 aromatic heterocycles. The van der Waals surface area contributed by atoms with E-state index in [1.807, 2.05) is 30.3 Å². The van der Waals surface area contributed by atoms with Crippen molar-refractivity contribution in [2.45, 2.75) is 88.8 Å². The minimum absolute atomic E-state index is 0. The minimum atomic E-state index is -2.94. The normalized spacial score (nSPS) is 16.3. The minimum Gasteiger partial charge on any atom is -0.479 e. The molecule has 6 aromatic rings. The fourth-order valence-corrected chi connectivity index (χ4v) is 7.90. The summed E-state index contributed by atoms with van der Waals surface area (Å²) in [5, 5.41) is 21.9. The number of benzene rings is 6. The lowest BCUT2D eigenvalue weighted by atomic mass is 9.75. The summed E-state index contributed by atoms with van der Waals surface area (Å²) in [6.07, 6.45) is 7.66. The van der Waals surface area contributed by atoms with Crippen molar-refractivity contribution in [2.75, 3.05) is 0 Å². The van der Waals surface area contributed by atoms with Crippen LogP contribution in [-0.4, -0.2) is 28.0 Å². The van der Waals surface area contributed by atoms with Gasteiger partial charge in [-0.1, -0.05) is 123 Å². The number of carbonyl (C=O) groups is 1. The first kappa shape index (κ1) is 49.8. The van der Waals surface area contributed by atoms with E-state index < -0.39 is 35.3 Å². The lowest BCUT2D eigenvalue weighted by Crippen LogP contribution is -2.52. The number of carboxylic acids is 1. The molecule has 5 nitrogen and oxygen atoms in total. The molecule has 9 rings (SSSR count). The van der Waals surface area contributed by atoms with E-state index in [2.05, 4.69) is 0 Å². The van der Waals surface area contributed by atoms with Gasteiger partial charge in [-0.3, -0.25) is 0 Å². The van der Waals surface area contributed by atoms with E-state index in [-0.39, 0.29) is 43.0 Å². The molecule has 0 amide bonds. The molecule has 3 aliphatic rings. The van der Waals surface area contributed by atoms with Crippen LogP contribution >= 0.6 is 23.2 Å². The van der Waals surface area contributed by atoms with Crippen molar-refractivity contribution < 1.29 is 42.0 Å². The van der Waals surface area contributed by atoms with Gasteiger partial charge in [0.25, 0.3) is 0 Å². The third-order valence-electron chi connectivity index (χ3n) is 11.5. The molecule has 0 radical (unpaired) electrons. The molecule has 0 bridgehead atoms. The summed E-state index contributed by atoms with van der Waals surface area (Å²) in [7, 11) is 0. The Balaban J connectivity index is 0.000000203. The van der Waals surface area contributed by atoms with Crippen LogP contribution in [0.2, 0.25) is 10.0 Å². The molecule has 0 unspecified atom stereocenters. The van der Waals surface area contributed by atoms with Gasteiger partial charge < -0.3 is 19.7 Å². The highest BCUT2D eigenvalue weighted by Gasteiger charge is 2.57. The van der Waals surface area contributed by atoms with E-state index >= 15 is 8.78 Å². The Kier molecular flexibility index (Phi) is 17.5. The number of ether oxygens (including phenoxy) is 2. The number of aliphatic carboxylic acids is 1. The van der Waals surface area contributed by atoms with E-state index in [1.54, 1.807) is 97.1 Å². The molecule has 4 atom stereocenters. The van der Waals surface area contributed by atoms with Gasteiger partial charge in [-0.2, -0.15) is 0 Å². The molecule has 3 fully saturated rings. The largest absolute Gasteiger partial charge is 0.479 e. The van der Waals surface area contributed by atoms with Crippen LogP contribution in [0.4, 0.5) is 17.6 Å². The van der Waals surface area contributed by atoms with E-state index in [9.17, 15) is 23.8 Å². The SMILES string of the molecule is C.C1CC1.F/C(=C/Cc1ccc(F)c(Oc2ccccc2)c1)[C@@H](c1ccc(Cl)cc1)C1CC1.O=C(O)[C@](F)([C@H](O)Cc1ccc(F)c(Oc2ccccc2)c1)[C@@H](c1ccc(Cl)cc1)C1CC1. The van der Waals surface area contributed by atoms with Gasteiger partial charge in [-0.25, -0.2) is 22.4 Å². The predicted octanol–water partition coefficient (Wildman–Crippen LogP) is 15.8. The number of hydrogen-bond acceptors (Lipinski definition) is 4. The zero-order chi connectivity index (χ0) is 45.9. The summed E-state index contributed by atoms with van der Waals surface area (Å²) >= 11 is 11.9. The van der Waals surface area contributed by atoms with E-state index in [1.165, 1.54) is 37.5 Å². The molecule has 2 N–H and O–H groups in total. The quantitative estimate of drug-likeness (QED) is 0.0946. The highest BCUT2D eigenvalue weighted by molar-refractivity contribution is 6.30. The number of allylic oxidation sites excluding steroid dienone is 2. The number of hydrogen-bond donors (Lipinski definition) is 2. The van der Waals surface area contributed by atoms with Crippen molar-refractivity contribution in [3.8, 4) is 23.0 Å². The summed E-state index contributed by atoms with van der Waals surface area (Å²) in [6, 6.07) is 39.9. The molecule has 0 spiro atoms. The van der Waals surface area contributed by atoms with Crippen molar-refractivity contribution >= 4 is 29.2 Å². The first-order valence-electron chi connectivity index (χ1n) is 21.9. The van der Waals surface area contributed by atoms with Crippen LogP contribution in [0.15, 0.2) is 157 Å². The molecule has 346 valence electrons. The maximum atomic E-state index is 16.3. The molecule has 3 saturated carbocycles. The average molecular weight is 942 g/mol. The van der Waals surface area contributed by atoms with Gasteiger partial charge in [0.2, 0.25) is 5.67 Å². The first-order valence-corrected chi connectivity index (χ1v) is 22.6. The average Bonchev–Trinajstić information content (AvgIpc) is 4.12. The Hall–Kier alpha value is -5.61. The third kappa shape index (κ3) is 13.7. The number of aliphatic hydroxyl groups excluding tert-OH is 1. The molecule has 66 heavy (non-hydrogen) atoms. The Labute approximate surface area is 394 Å². The number of alkyl halides is 1.